The second-order valence-corrected chi connectivity index (χ2v) is 21.7. The maximum absolute atomic E-state index is 11.4. The van der Waals surface area contributed by atoms with E-state index in [4.69, 9.17) is 21.0 Å². The number of hydrogen-bond acceptors (Lipinski definition) is 16. The first kappa shape index (κ1) is 78.8. The molecule has 3 aromatic rings. The Balaban J connectivity index is -0.000000918. The van der Waals surface area contributed by atoms with Crippen LogP contribution < -0.4 is 18.1 Å². The van der Waals surface area contributed by atoms with E-state index in [-0.39, 0.29) is 38.6 Å². The molecule has 4 heterocycles. The third-order valence-electron chi connectivity index (χ3n) is 13.3. The quantitative estimate of drug-likeness (QED) is 0.165. The number of carbonyl (C=O) groups excluding carboxylic acids is 2. The van der Waals surface area contributed by atoms with Gasteiger partial charge in [-0.15, -0.1) is 0 Å². The average Bonchev–Trinajstić information content (AvgIpc) is 3.39. The zero-order valence-corrected chi connectivity index (χ0v) is 52.0. The highest BCUT2D eigenvalue weighted by Crippen LogP contribution is 2.39. The zero-order valence-electron chi connectivity index (χ0n) is 51.3. The predicted octanol–water partition coefficient (Wildman–Crippen LogP) is 1.42. The van der Waals surface area contributed by atoms with Crippen LogP contribution in [0.25, 0.3) is 0 Å². The first-order chi connectivity index (χ1) is 36.8. The predicted molar refractivity (Wildman–Crippen MR) is 322 cm³/mol. The second-order valence-electron chi connectivity index (χ2n) is 21.7. The van der Waals surface area contributed by atoms with Gasteiger partial charge in [-0.3, -0.25) is 9.59 Å². The minimum absolute atomic E-state index is 0. The lowest BCUT2D eigenvalue weighted by atomic mass is 9.75. The minimum Gasteiger partial charge on any atom is -1.00 e. The lowest BCUT2D eigenvalue weighted by molar-refractivity contribution is -0.454. The lowest BCUT2D eigenvalue weighted by Gasteiger charge is -2.45. The summed E-state index contributed by atoms with van der Waals surface area (Å²) in [6.45, 7) is 16.7. The number of aliphatic hydroxyl groups is 2. The van der Waals surface area contributed by atoms with Gasteiger partial charge in [0.1, 0.15) is 32.4 Å². The fourth-order valence-electron chi connectivity index (χ4n) is 9.40. The smallest absolute Gasteiger partial charge is 0.139 e. The number of carbonyl (C=O) groups is 2. The first-order valence-corrected chi connectivity index (χ1v) is 26.8. The standard InChI is InChI=1S/2C16H23N3O.C9H18N2O.C8H7N.C6H11NO.C3H8N.C2H3N.CH5N.B.ClH/c2*1-18(2)11-15-12-19(3)8-7-16(15,20)14-6-4-5-13(9-14)10-17;1-10(2)6-8-7-11(3)5-4-9(8)12;1-7-3-2-4-8(5-7)6-9;1-7-4-2-6(8)3-5-7;1-4(2)3;1-2-3;1-2;;/h2*4-6,9,15,20H,7-8,11-12H2,1-3H3;8H,4-7H2,1-3H3;2-5H,1H3;2-5H2,1H3;1H2,2-3H3;1H3;2H2,1H3;;1H/q;;;;;+1;;;;/p-1/t15-,16+;15-,16-;;;;;;;;/m00......../s1. The van der Waals surface area contributed by atoms with Crippen molar-refractivity contribution < 1.29 is 36.8 Å². The van der Waals surface area contributed by atoms with Crippen molar-refractivity contribution in [3.05, 3.63) is 106 Å². The van der Waals surface area contributed by atoms with Crippen LogP contribution in [-0.4, -0.2) is 239 Å². The molecule has 4 N–H and O–H groups in total. The summed E-state index contributed by atoms with van der Waals surface area (Å²) < 4.78 is 1.75. The molecule has 3 aromatic carbocycles. The van der Waals surface area contributed by atoms with Gasteiger partial charge in [0.05, 0.1) is 52.2 Å². The summed E-state index contributed by atoms with van der Waals surface area (Å²) in [5, 5.41) is 56.3. The van der Waals surface area contributed by atoms with Crippen molar-refractivity contribution in [3.8, 4) is 24.3 Å². The van der Waals surface area contributed by atoms with E-state index in [1.165, 1.54) is 14.0 Å². The van der Waals surface area contributed by atoms with Crippen molar-refractivity contribution in [2.45, 2.75) is 57.2 Å². The van der Waals surface area contributed by atoms with Crippen LogP contribution in [0.5, 0.6) is 0 Å². The number of likely N-dealkylation sites (tertiary alicyclic amines) is 4. The zero-order chi connectivity index (χ0) is 59.6. The molecule has 0 bridgehead atoms. The molecular formula is C61H98BClN13O4. The van der Waals surface area contributed by atoms with Crippen LogP contribution in [0.3, 0.4) is 0 Å². The van der Waals surface area contributed by atoms with Gasteiger partial charge in [0, 0.05) is 124 Å². The monoisotopic (exact) mass is 1120 g/mol. The molecule has 7 rings (SSSR count). The van der Waals surface area contributed by atoms with Crippen LogP contribution in [0, 0.1) is 70.0 Å². The maximum atomic E-state index is 11.4. The number of benzene rings is 3. The Bertz CT molecular complexity index is 2310. The van der Waals surface area contributed by atoms with Gasteiger partial charge in [0.15, 0.2) is 0 Å². The minimum atomic E-state index is -0.844. The SMILES string of the molecule is C=[N+](C)C.CC#N.CN.CN(C)CC1CN(C)CCC1=O.CN(C)C[C@H]1CN(C)CC[C@@]1(O)c1cccc(C#N)c1.CN(C)C[C@H]1CN(C)CC[C@]1(O)c1cccc(C#N)c1.CN1CCC(=O)CC1.Cc1cccc(C#N)c1.[B].[Cl-]. The van der Waals surface area contributed by atoms with E-state index < -0.39 is 11.2 Å². The number of piperidine rings is 4. The van der Waals surface area contributed by atoms with E-state index >= 15 is 0 Å². The molecule has 4 fully saturated rings. The van der Waals surface area contributed by atoms with Gasteiger partial charge < -0.3 is 62.7 Å². The summed E-state index contributed by atoms with van der Waals surface area (Å²) >= 11 is 0. The number of halogens is 1. The number of ketones is 2. The molecule has 1 unspecified atom stereocenters. The van der Waals surface area contributed by atoms with E-state index in [9.17, 15) is 19.8 Å². The van der Waals surface area contributed by atoms with E-state index in [1.807, 2.05) is 125 Å². The summed E-state index contributed by atoms with van der Waals surface area (Å²) in [5.41, 5.74) is 7.64. The number of nitrogens with two attached hydrogens (primary N) is 1. The van der Waals surface area contributed by atoms with Gasteiger partial charge in [-0.1, -0.05) is 36.4 Å². The van der Waals surface area contributed by atoms with Gasteiger partial charge >= 0.3 is 0 Å². The highest BCUT2D eigenvalue weighted by atomic mass is 35.5. The molecule has 0 saturated carbocycles. The molecule has 4 aliphatic heterocycles. The fourth-order valence-corrected chi connectivity index (χ4v) is 9.40. The first-order valence-electron chi connectivity index (χ1n) is 26.8. The lowest BCUT2D eigenvalue weighted by Crippen LogP contribution is -3.00. The number of hydrogen-bond donors (Lipinski definition) is 3. The molecule has 3 radical (unpaired) electrons. The fraction of sp³-hybridized carbons (Fsp3) is 0.590. The van der Waals surface area contributed by atoms with E-state index in [0.29, 0.717) is 35.5 Å². The Morgan fingerprint density at radius 2 is 0.950 bits per heavy atom. The molecule has 0 aliphatic carbocycles. The van der Waals surface area contributed by atoms with E-state index in [2.05, 4.69) is 86.1 Å². The Morgan fingerprint density at radius 3 is 1.27 bits per heavy atom. The Morgan fingerprint density at radius 1 is 0.613 bits per heavy atom. The van der Waals surface area contributed by atoms with Crippen molar-refractivity contribution in [3.63, 3.8) is 0 Å². The molecule has 0 spiro atoms. The molecular weight excluding hydrogens is 1030 g/mol. The topological polar surface area (TPSA) is 221 Å². The number of Topliss-reactive ketones (excluding diaryl/α,β-unsaturated/α-hetero) is 2. The number of nitrogens with zero attached hydrogens (tertiary/aromatic N) is 12. The highest BCUT2D eigenvalue weighted by Gasteiger charge is 2.43. The largest absolute Gasteiger partial charge is 1.00 e. The van der Waals surface area contributed by atoms with Crippen LogP contribution >= 0.6 is 0 Å². The van der Waals surface area contributed by atoms with Crippen LogP contribution in [0.15, 0.2) is 72.8 Å². The van der Waals surface area contributed by atoms with Gasteiger partial charge in [-0.05, 0) is 150 Å². The molecule has 4 saturated heterocycles. The molecule has 441 valence electrons. The van der Waals surface area contributed by atoms with E-state index in [0.717, 1.165) is 114 Å². The van der Waals surface area contributed by atoms with Gasteiger partial charge in [0.2, 0.25) is 0 Å². The van der Waals surface area contributed by atoms with Crippen LogP contribution in [-0.2, 0) is 20.8 Å². The third-order valence-corrected chi connectivity index (χ3v) is 13.3. The Hall–Kier alpha value is -5.42. The third kappa shape index (κ3) is 31.0. The van der Waals surface area contributed by atoms with Crippen molar-refractivity contribution in [2.75, 3.05) is 164 Å². The summed E-state index contributed by atoms with van der Waals surface area (Å²) in [5.74, 6) is 1.37. The molecule has 0 amide bonds. The number of aryl methyl sites for hydroxylation is 1. The average molecular weight is 1120 g/mol. The summed E-state index contributed by atoms with van der Waals surface area (Å²) in [7, 11) is 25.7. The second kappa shape index (κ2) is 42.4. The van der Waals surface area contributed by atoms with Crippen molar-refractivity contribution in [1.29, 1.82) is 21.0 Å². The van der Waals surface area contributed by atoms with Crippen molar-refractivity contribution in [1.82, 2.24) is 34.3 Å². The summed E-state index contributed by atoms with van der Waals surface area (Å²) in [6.07, 6.45) is 3.66. The van der Waals surface area contributed by atoms with Gasteiger partial charge in [0.25, 0.3) is 0 Å². The molecule has 80 heavy (non-hydrogen) atoms. The maximum Gasteiger partial charge on any atom is 0.139 e. The number of rotatable bonds is 8. The Kier molecular flexibility index (Phi) is 41.8. The molecule has 19 heteroatoms. The number of nitriles is 4. The van der Waals surface area contributed by atoms with Crippen LogP contribution in [0.4, 0.5) is 0 Å². The van der Waals surface area contributed by atoms with Crippen molar-refractivity contribution >= 4 is 26.7 Å². The van der Waals surface area contributed by atoms with E-state index in [1.54, 1.807) is 28.8 Å². The summed E-state index contributed by atoms with van der Waals surface area (Å²) in [4.78, 5) is 37.3. The van der Waals surface area contributed by atoms with Crippen molar-refractivity contribution in [2.24, 2.45) is 23.5 Å². The Labute approximate surface area is 491 Å². The van der Waals surface area contributed by atoms with Crippen LogP contribution in [0.1, 0.15) is 72.4 Å². The summed E-state index contributed by atoms with van der Waals surface area (Å²) in [6, 6.07) is 30.5. The molecule has 5 atom stereocenters. The normalized spacial score (nSPS) is 21.6. The highest BCUT2D eigenvalue weighted by molar-refractivity contribution is 5.82. The molecule has 17 nitrogen and oxygen atoms in total. The molecule has 4 aliphatic rings. The van der Waals surface area contributed by atoms with Gasteiger partial charge in [-0.2, -0.15) is 21.0 Å². The molecule has 0 aromatic heterocycles. The van der Waals surface area contributed by atoms with Crippen LogP contribution in [0.2, 0.25) is 0 Å². The van der Waals surface area contributed by atoms with Gasteiger partial charge in [-0.25, -0.2) is 4.58 Å².